The van der Waals surface area contributed by atoms with E-state index in [-0.39, 0.29) is 16.7 Å². The van der Waals surface area contributed by atoms with Crippen molar-refractivity contribution in [2.75, 3.05) is 0 Å². The van der Waals surface area contributed by atoms with Crippen LogP contribution < -0.4 is 10.00 Å². The summed E-state index contributed by atoms with van der Waals surface area (Å²) in [5.41, 5.74) is 6.48. The second-order valence-electron chi connectivity index (χ2n) is 12.7. The number of carbonyl (C=O) groups excluding carboxylic acids is 1. The first-order valence-corrected chi connectivity index (χ1v) is 18.3. The first kappa shape index (κ1) is 38.7. The van der Waals surface area contributed by atoms with Gasteiger partial charge in [-0.05, 0) is 66.3 Å². The summed E-state index contributed by atoms with van der Waals surface area (Å²) in [4.78, 5) is 47.1. The standard InChI is InChI=1S/C23H16N3O2S.C22H13NO5S/c27-15-17-4-6-19(7-5-17)22-13-24-23(28-22)20-8-10-26(11-9-20)14-18-2-1-3-21(12-18)25-16-29;24-13-2-5-16-19(10-13)28-20-11-14(25)3-6-17(20)21(16)15-4-1-12(23-7-8-29)9-18(15)22(26)27/h1-13,15H,14H2;1-11,24H,(H,26,27)/q+1;. The number of aromatic nitrogens is 2. The molecule has 0 fully saturated rings. The number of aliphatic imine (C=N–C) groups is 2. The van der Waals surface area contributed by atoms with Crippen LogP contribution in [-0.4, -0.2) is 44.2 Å². The van der Waals surface area contributed by atoms with Gasteiger partial charge in [0.1, 0.15) is 23.4 Å². The number of carbonyl (C=O) groups is 2. The van der Waals surface area contributed by atoms with Gasteiger partial charge in [-0.2, -0.15) is 4.99 Å². The number of aromatic hydroxyl groups is 1. The van der Waals surface area contributed by atoms with Crippen LogP contribution in [0.4, 0.5) is 11.4 Å². The van der Waals surface area contributed by atoms with Crippen molar-refractivity contribution in [2.45, 2.75) is 6.54 Å². The van der Waals surface area contributed by atoms with Crippen molar-refractivity contribution in [1.82, 2.24) is 4.98 Å². The first-order valence-electron chi connectivity index (χ1n) is 17.5. The number of thiocarbonyl (C=S) groups is 2. The Bertz CT molecular complexity index is 2930. The molecule has 0 bridgehead atoms. The maximum atomic E-state index is 12.0. The second-order valence-corrected chi connectivity index (χ2v) is 13.1. The van der Waals surface area contributed by atoms with Crippen molar-refractivity contribution in [3.8, 4) is 51.0 Å². The Morgan fingerprint density at radius 1 is 0.845 bits per heavy atom. The minimum atomic E-state index is -1.12. The van der Waals surface area contributed by atoms with E-state index in [9.17, 15) is 24.6 Å². The maximum absolute atomic E-state index is 12.0. The minimum Gasteiger partial charge on any atom is -0.508 e. The number of aromatic carboxylic acids is 1. The molecule has 2 aromatic heterocycles. The molecule has 58 heavy (non-hydrogen) atoms. The Hall–Kier alpha value is -7.57. The van der Waals surface area contributed by atoms with Crippen LogP contribution in [-0.2, 0) is 6.54 Å². The van der Waals surface area contributed by atoms with E-state index in [4.69, 9.17) is 21.1 Å². The van der Waals surface area contributed by atoms with Crippen molar-refractivity contribution in [2.24, 2.45) is 9.98 Å². The number of oxazole rings is 1. The number of benzene rings is 5. The SMILES string of the molecule is O=C(O)c1cc(N=CC=S)ccc1-c1c2ccc(=O)cc-2oc2cc(O)ccc12.O=Cc1ccc(-c2cnc(-c3cc[n+](Cc4cccc(N=C=S)c4)cc3)o2)cc1. The molecule has 1 aliphatic carbocycles. The average Bonchev–Trinajstić information content (AvgIpc) is 3.73. The third-order valence-electron chi connectivity index (χ3n) is 8.89. The van der Waals surface area contributed by atoms with E-state index in [1.165, 1.54) is 41.9 Å². The third-order valence-corrected chi connectivity index (χ3v) is 9.10. The van der Waals surface area contributed by atoms with Gasteiger partial charge in [0.05, 0.1) is 28.3 Å². The number of hydrogen-bond acceptors (Lipinski definition) is 11. The molecule has 0 saturated heterocycles. The fourth-order valence-electron chi connectivity index (χ4n) is 6.23. The van der Waals surface area contributed by atoms with Gasteiger partial charge in [0.15, 0.2) is 30.1 Å². The summed E-state index contributed by atoms with van der Waals surface area (Å²) in [6.07, 6.45) is 7.87. The predicted molar refractivity (Wildman–Crippen MR) is 228 cm³/mol. The topological polar surface area (TPSA) is 159 Å². The summed E-state index contributed by atoms with van der Waals surface area (Å²) in [7, 11) is 0. The predicted octanol–water partition coefficient (Wildman–Crippen LogP) is 9.56. The molecule has 0 amide bonds. The fraction of sp³-hybridized carbons (Fsp3) is 0.0222. The lowest BCUT2D eigenvalue weighted by molar-refractivity contribution is -0.688. The Morgan fingerprint density at radius 2 is 1.64 bits per heavy atom. The molecule has 8 rings (SSSR count). The molecule has 0 unspecified atom stereocenters. The van der Waals surface area contributed by atoms with Crippen molar-refractivity contribution < 1.29 is 33.2 Å². The second kappa shape index (κ2) is 17.5. The molecular formula is C45H29N4O7S2+. The number of rotatable bonds is 10. The molecule has 0 radical (unpaired) electrons. The van der Waals surface area contributed by atoms with Gasteiger partial charge < -0.3 is 19.0 Å². The van der Waals surface area contributed by atoms with E-state index < -0.39 is 5.97 Å². The lowest BCUT2D eigenvalue weighted by Crippen LogP contribution is -2.32. The molecule has 4 aromatic carbocycles. The van der Waals surface area contributed by atoms with Crippen LogP contribution in [0.3, 0.4) is 0 Å². The molecular weight excluding hydrogens is 773 g/mol. The van der Waals surface area contributed by atoms with E-state index in [1.54, 1.807) is 42.6 Å². The Morgan fingerprint density at radius 3 is 2.38 bits per heavy atom. The van der Waals surface area contributed by atoms with E-state index in [0.29, 0.717) is 62.9 Å². The number of carboxylic acids is 1. The Labute approximate surface area is 340 Å². The molecule has 2 N–H and O–H groups in total. The van der Waals surface area contributed by atoms with E-state index in [0.717, 1.165) is 28.7 Å². The molecule has 13 heteroatoms. The van der Waals surface area contributed by atoms with Crippen LogP contribution in [0, 0.1) is 0 Å². The van der Waals surface area contributed by atoms with Crippen LogP contribution >= 0.6 is 24.4 Å². The third kappa shape index (κ3) is 8.77. The number of isothiocyanates is 1. The number of hydrogen-bond donors (Lipinski definition) is 2. The van der Waals surface area contributed by atoms with Gasteiger partial charge >= 0.3 is 5.97 Å². The maximum Gasteiger partial charge on any atom is 0.336 e. The lowest BCUT2D eigenvalue weighted by Gasteiger charge is -2.17. The molecule has 282 valence electrons. The molecule has 2 aliphatic rings. The van der Waals surface area contributed by atoms with Gasteiger partial charge in [-0.3, -0.25) is 14.6 Å². The highest BCUT2D eigenvalue weighted by Crippen LogP contribution is 2.42. The number of nitrogens with zero attached hydrogens (tertiary/aromatic N) is 4. The van der Waals surface area contributed by atoms with E-state index in [2.05, 4.69) is 36.9 Å². The van der Waals surface area contributed by atoms with Gasteiger partial charge in [-0.15, -0.1) is 0 Å². The molecule has 0 spiro atoms. The highest BCUT2D eigenvalue weighted by atomic mass is 32.1. The summed E-state index contributed by atoms with van der Waals surface area (Å²) < 4.78 is 13.8. The first-order chi connectivity index (χ1) is 28.2. The van der Waals surface area contributed by atoms with Crippen LogP contribution in [0.1, 0.15) is 26.3 Å². The Balaban J connectivity index is 0.000000177. The largest absolute Gasteiger partial charge is 0.508 e. The highest BCUT2D eigenvalue weighted by Gasteiger charge is 2.22. The minimum absolute atomic E-state index is 0.00636. The number of carboxylic acid groups (broad SMARTS) is 1. The van der Waals surface area contributed by atoms with Crippen LogP contribution in [0.2, 0.25) is 0 Å². The van der Waals surface area contributed by atoms with Gasteiger partial charge in [-0.1, -0.05) is 54.7 Å². The monoisotopic (exact) mass is 801 g/mol. The smallest absolute Gasteiger partial charge is 0.336 e. The average molecular weight is 802 g/mol. The highest BCUT2D eigenvalue weighted by molar-refractivity contribution is 7.80. The van der Waals surface area contributed by atoms with Crippen LogP contribution in [0.5, 0.6) is 5.75 Å². The molecule has 1 aliphatic heterocycles. The molecule has 11 nitrogen and oxygen atoms in total. The van der Waals surface area contributed by atoms with E-state index >= 15 is 0 Å². The van der Waals surface area contributed by atoms with Crippen molar-refractivity contribution in [1.29, 1.82) is 0 Å². The molecule has 3 heterocycles. The molecule has 0 saturated carbocycles. The molecule has 0 atom stereocenters. The van der Waals surface area contributed by atoms with Crippen LogP contribution in [0.25, 0.3) is 56.2 Å². The molecule has 6 aromatic rings. The quantitative estimate of drug-likeness (QED) is 0.0448. The summed E-state index contributed by atoms with van der Waals surface area (Å²) in [5, 5.41) is 24.0. The number of aldehydes is 1. The summed E-state index contributed by atoms with van der Waals surface area (Å²) in [5.74, 6) is 0.368. The van der Waals surface area contributed by atoms with Gasteiger partial charge in [0, 0.05) is 74.6 Å². The zero-order valence-electron chi connectivity index (χ0n) is 30.2. The zero-order chi connectivity index (χ0) is 40.6. The van der Waals surface area contributed by atoms with Crippen molar-refractivity contribution in [3.05, 3.63) is 161 Å². The summed E-state index contributed by atoms with van der Waals surface area (Å²) in [6.45, 7) is 0.709. The van der Waals surface area contributed by atoms with Crippen LogP contribution in [0.15, 0.2) is 157 Å². The number of fused-ring (bicyclic) bond motifs is 2. The Kier molecular flexibility index (Phi) is 11.7. The summed E-state index contributed by atoms with van der Waals surface area (Å²) >= 11 is 9.38. The van der Waals surface area contributed by atoms with Gasteiger partial charge in [0.25, 0.3) is 0 Å². The lowest BCUT2D eigenvalue weighted by atomic mass is 9.90. The number of pyridine rings is 1. The number of phenols is 1. The summed E-state index contributed by atoms with van der Waals surface area (Å²) in [6, 6.07) is 32.7. The zero-order valence-corrected chi connectivity index (χ0v) is 31.8. The van der Waals surface area contributed by atoms with Gasteiger partial charge in [-0.25, -0.2) is 14.3 Å². The normalized spacial score (nSPS) is 10.8. The van der Waals surface area contributed by atoms with Gasteiger partial charge in [0.2, 0.25) is 5.89 Å². The van der Waals surface area contributed by atoms with Crippen molar-refractivity contribution >= 4 is 75.8 Å². The fourth-order valence-corrected chi connectivity index (χ4v) is 6.40. The van der Waals surface area contributed by atoms with Crippen molar-refractivity contribution in [3.63, 3.8) is 0 Å². The number of phenolic OH excluding ortho intramolecular Hbond substituents is 1. The van der Waals surface area contributed by atoms with E-state index in [1.807, 2.05) is 60.9 Å².